The lowest BCUT2D eigenvalue weighted by Crippen LogP contribution is -2.49. The van der Waals surface area contributed by atoms with E-state index in [0.29, 0.717) is 32.4 Å². The number of hydrogen-bond acceptors (Lipinski definition) is 3. The molecular formula is C16H25N3O3S. The Balaban J connectivity index is 1.84. The molecule has 1 fully saturated rings. The van der Waals surface area contributed by atoms with Gasteiger partial charge in [0.2, 0.25) is 5.91 Å². The molecule has 1 aliphatic heterocycles. The predicted octanol–water partition coefficient (Wildman–Crippen LogP) is 0.925. The van der Waals surface area contributed by atoms with Gasteiger partial charge in [-0.3, -0.25) is 4.79 Å². The first kappa shape index (κ1) is 17.9. The summed E-state index contributed by atoms with van der Waals surface area (Å²) in [6.07, 6.45) is 1.69. The van der Waals surface area contributed by atoms with Gasteiger partial charge in [0.15, 0.2) is 0 Å². The summed E-state index contributed by atoms with van der Waals surface area (Å²) in [6.45, 7) is 3.20. The van der Waals surface area contributed by atoms with Crippen LogP contribution in [-0.2, 0) is 21.4 Å². The molecule has 7 heteroatoms. The smallest absolute Gasteiger partial charge is 0.279 e. The summed E-state index contributed by atoms with van der Waals surface area (Å²) in [5, 5.41) is 0. The lowest BCUT2D eigenvalue weighted by Gasteiger charge is -2.32. The number of piperidine rings is 1. The Hall–Kier alpha value is -1.44. The fraction of sp³-hybridized carbons (Fsp3) is 0.562. The first-order chi connectivity index (χ1) is 10.8. The quantitative estimate of drug-likeness (QED) is 0.867. The highest BCUT2D eigenvalue weighted by molar-refractivity contribution is 7.87. The maximum absolute atomic E-state index is 12.3. The van der Waals surface area contributed by atoms with E-state index in [1.165, 1.54) is 24.0 Å². The molecule has 23 heavy (non-hydrogen) atoms. The number of likely N-dealkylation sites (tertiary alicyclic amines) is 1. The highest BCUT2D eigenvalue weighted by Crippen LogP contribution is 2.14. The zero-order valence-corrected chi connectivity index (χ0v) is 14.8. The number of rotatable bonds is 5. The van der Waals surface area contributed by atoms with Crippen LogP contribution in [0.5, 0.6) is 0 Å². The minimum Gasteiger partial charge on any atom is -0.342 e. The maximum atomic E-state index is 12.3. The number of carbonyl (C=O) groups is 1. The van der Waals surface area contributed by atoms with E-state index in [4.69, 9.17) is 0 Å². The minimum atomic E-state index is -3.41. The van der Waals surface area contributed by atoms with Crippen molar-refractivity contribution < 1.29 is 13.2 Å². The number of aryl methyl sites for hydroxylation is 1. The zero-order chi connectivity index (χ0) is 17.0. The second-order valence-corrected chi connectivity index (χ2v) is 8.14. The highest BCUT2D eigenvalue weighted by Gasteiger charge is 2.26. The SMILES string of the molecule is Cc1ccc(CC(=O)N2CCC(NS(=O)(=O)N(C)C)CC2)cc1. The number of benzene rings is 1. The van der Waals surface area contributed by atoms with E-state index in [0.717, 1.165) is 5.56 Å². The number of nitrogens with one attached hydrogen (secondary N) is 1. The Morgan fingerprint density at radius 2 is 1.78 bits per heavy atom. The standard InChI is InChI=1S/C16H25N3O3S/c1-13-4-6-14(7-5-13)12-16(20)19-10-8-15(9-11-19)17-23(21,22)18(2)3/h4-7,15,17H,8-12H2,1-3H3. The van der Waals surface area contributed by atoms with Gasteiger partial charge in [0.1, 0.15) is 0 Å². The van der Waals surface area contributed by atoms with Crippen LogP contribution < -0.4 is 4.72 Å². The molecule has 0 spiro atoms. The van der Waals surface area contributed by atoms with Crippen molar-refractivity contribution in [2.24, 2.45) is 0 Å². The first-order valence-corrected chi connectivity index (χ1v) is 9.25. The van der Waals surface area contributed by atoms with Crippen LogP contribution in [0.3, 0.4) is 0 Å². The second-order valence-electron chi connectivity index (χ2n) is 6.22. The van der Waals surface area contributed by atoms with E-state index >= 15 is 0 Å². The average Bonchev–Trinajstić information content (AvgIpc) is 2.49. The highest BCUT2D eigenvalue weighted by atomic mass is 32.2. The molecule has 6 nitrogen and oxygen atoms in total. The van der Waals surface area contributed by atoms with Crippen LogP contribution >= 0.6 is 0 Å². The molecular weight excluding hydrogens is 314 g/mol. The first-order valence-electron chi connectivity index (χ1n) is 7.81. The van der Waals surface area contributed by atoms with E-state index in [-0.39, 0.29) is 11.9 Å². The molecule has 1 heterocycles. The number of amides is 1. The van der Waals surface area contributed by atoms with Crippen molar-refractivity contribution in [3.05, 3.63) is 35.4 Å². The predicted molar refractivity (Wildman–Crippen MR) is 90.2 cm³/mol. The number of nitrogens with zero attached hydrogens (tertiary/aromatic N) is 2. The Labute approximate surface area is 138 Å². The molecule has 0 bridgehead atoms. The van der Waals surface area contributed by atoms with Crippen LogP contribution in [-0.4, -0.2) is 56.8 Å². The molecule has 1 aromatic rings. The van der Waals surface area contributed by atoms with E-state index < -0.39 is 10.2 Å². The van der Waals surface area contributed by atoms with Gasteiger partial charge in [0.25, 0.3) is 10.2 Å². The summed E-state index contributed by atoms with van der Waals surface area (Å²) >= 11 is 0. The third kappa shape index (κ3) is 5.02. The molecule has 0 unspecified atom stereocenters. The van der Waals surface area contributed by atoms with E-state index in [2.05, 4.69) is 4.72 Å². The van der Waals surface area contributed by atoms with Crippen LogP contribution in [0.1, 0.15) is 24.0 Å². The van der Waals surface area contributed by atoms with Crippen molar-refractivity contribution in [3.8, 4) is 0 Å². The lowest BCUT2D eigenvalue weighted by molar-refractivity contribution is -0.131. The van der Waals surface area contributed by atoms with Crippen molar-refractivity contribution in [3.63, 3.8) is 0 Å². The van der Waals surface area contributed by atoms with Gasteiger partial charge < -0.3 is 4.90 Å². The molecule has 1 N–H and O–H groups in total. The van der Waals surface area contributed by atoms with Crippen molar-refractivity contribution in [1.82, 2.24) is 13.9 Å². The van der Waals surface area contributed by atoms with E-state index in [1.807, 2.05) is 36.1 Å². The van der Waals surface area contributed by atoms with Crippen molar-refractivity contribution in [2.75, 3.05) is 27.2 Å². The van der Waals surface area contributed by atoms with Crippen LogP contribution in [0.15, 0.2) is 24.3 Å². The van der Waals surface area contributed by atoms with Gasteiger partial charge in [-0.15, -0.1) is 0 Å². The van der Waals surface area contributed by atoms with Crippen molar-refractivity contribution in [2.45, 2.75) is 32.2 Å². The summed E-state index contributed by atoms with van der Waals surface area (Å²) in [4.78, 5) is 14.2. The van der Waals surface area contributed by atoms with Crippen molar-refractivity contribution >= 4 is 16.1 Å². The maximum Gasteiger partial charge on any atom is 0.279 e. The molecule has 1 aliphatic rings. The second kappa shape index (κ2) is 7.42. The monoisotopic (exact) mass is 339 g/mol. The Bertz CT molecular complexity index is 633. The van der Waals surface area contributed by atoms with Gasteiger partial charge in [-0.05, 0) is 25.3 Å². The molecule has 0 aliphatic carbocycles. The normalized spacial score (nSPS) is 16.8. The Morgan fingerprint density at radius 3 is 2.30 bits per heavy atom. The topological polar surface area (TPSA) is 69.7 Å². The van der Waals surface area contributed by atoms with Gasteiger partial charge in [-0.1, -0.05) is 29.8 Å². The largest absolute Gasteiger partial charge is 0.342 e. The molecule has 1 amide bonds. The van der Waals surface area contributed by atoms with Crippen LogP contribution in [0, 0.1) is 6.92 Å². The van der Waals surface area contributed by atoms with Gasteiger partial charge in [-0.25, -0.2) is 0 Å². The third-order valence-corrected chi connectivity index (χ3v) is 5.71. The molecule has 0 aromatic heterocycles. The summed E-state index contributed by atoms with van der Waals surface area (Å²) in [7, 11) is -0.403. The summed E-state index contributed by atoms with van der Waals surface area (Å²) in [5.74, 6) is 0.0998. The minimum absolute atomic E-state index is 0.0998. The Morgan fingerprint density at radius 1 is 1.22 bits per heavy atom. The van der Waals surface area contributed by atoms with Gasteiger partial charge >= 0.3 is 0 Å². The Kier molecular flexibility index (Phi) is 5.78. The van der Waals surface area contributed by atoms with Crippen LogP contribution in [0.25, 0.3) is 0 Å². The number of carbonyl (C=O) groups excluding carboxylic acids is 1. The molecule has 1 saturated heterocycles. The van der Waals surface area contributed by atoms with Crippen molar-refractivity contribution in [1.29, 1.82) is 0 Å². The van der Waals surface area contributed by atoms with E-state index in [9.17, 15) is 13.2 Å². The molecule has 2 rings (SSSR count). The summed E-state index contributed by atoms with van der Waals surface area (Å²) in [5.41, 5.74) is 2.19. The molecule has 0 saturated carbocycles. The fourth-order valence-electron chi connectivity index (χ4n) is 2.56. The molecule has 1 aromatic carbocycles. The number of hydrogen-bond donors (Lipinski definition) is 1. The summed E-state index contributed by atoms with van der Waals surface area (Å²) in [6, 6.07) is 7.86. The molecule has 0 atom stereocenters. The van der Waals surface area contributed by atoms with E-state index in [1.54, 1.807) is 0 Å². The van der Waals surface area contributed by atoms with Gasteiger partial charge in [-0.2, -0.15) is 17.4 Å². The average molecular weight is 339 g/mol. The van der Waals surface area contributed by atoms with Gasteiger partial charge in [0, 0.05) is 33.2 Å². The zero-order valence-electron chi connectivity index (χ0n) is 13.9. The van der Waals surface area contributed by atoms with Crippen LogP contribution in [0.4, 0.5) is 0 Å². The third-order valence-electron chi connectivity index (χ3n) is 4.12. The molecule has 0 radical (unpaired) electrons. The fourth-order valence-corrected chi connectivity index (χ4v) is 3.42. The summed E-state index contributed by atoms with van der Waals surface area (Å²) < 4.78 is 27.5. The van der Waals surface area contributed by atoms with Gasteiger partial charge in [0.05, 0.1) is 6.42 Å². The lowest BCUT2D eigenvalue weighted by atomic mass is 10.0. The molecule has 128 valence electrons. The van der Waals surface area contributed by atoms with Crippen LogP contribution in [0.2, 0.25) is 0 Å².